The molecule has 0 aliphatic rings. The van der Waals surface area contributed by atoms with Crippen LogP contribution >= 0.6 is 22.9 Å². The molecule has 2 rings (SSSR count). The molecule has 0 bridgehead atoms. The van der Waals surface area contributed by atoms with Crippen LogP contribution in [0.4, 0.5) is 0 Å². The fourth-order valence-corrected chi connectivity index (χ4v) is 2.52. The van der Waals surface area contributed by atoms with Crippen LogP contribution in [-0.2, 0) is 0 Å². The molecule has 0 unspecified atom stereocenters. The van der Waals surface area contributed by atoms with E-state index in [1.807, 2.05) is 30.3 Å². The molecule has 1 aromatic carbocycles. The molecule has 0 radical (unpaired) electrons. The highest BCUT2D eigenvalue weighted by molar-refractivity contribution is 7.19. The summed E-state index contributed by atoms with van der Waals surface area (Å²) in [6.07, 6.45) is 0. The Hall–Kier alpha value is -1.32. The number of thiophene rings is 1. The Kier molecular flexibility index (Phi) is 2.75. The van der Waals surface area contributed by atoms with Gasteiger partial charge in [-0.25, -0.2) is 4.79 Å². The molecular weight excluding hydrogens is 232 g/mol. The van der Waals surface area contributed by atoms with Crippen molar-refractivity contribution in [3.05, 3.63) is 46.3 Å². The van der Waals surface area contributed by atoms with Crippen molar-refractivity contribution in [1.82, 2.24) is 0 Å². The van der Waals surface area contributed by atoms with Crippen LogP contribution < -0.4 is 0 Å². The van der Waals surface area contributed by atoms with E-state index < -0.39 is 5.97 Å². The Labute approximate surface area is 95.8 Å². The minimum atomic E-state index is -0.988. The van der Waals surface area contributed by atoms with Gasteiger partial charge in [0.2, 0.25) is 0 Å². The largest absolute Gasteiger partial charge is 0.478 e. The van der Waals surface area contributed by atoms with E-state index in [-0.39, 0.29) is 5.56 Å². The van der Waals surface area contributed by atoms with Gasteiger partial charge in [0, 0.05) is 4.88 Å². The molecular formula is C11H7ClO2S. The predicted molar refractivity (Wildman–Crippen MR) is 61.7 cm³/mol. The van der Waals surface area contributed by atoms with Crippen LogP contribution in [0.25, 0.3) is 10.4 Å². The van der Waals surface area contributed by atoms with Gasteiger partial charge in [0.15, 0.2) is 0 Å². The van der Waals surface area contributed by atoms with Crippen LogP contribution in [0.5, 0.6) is 0 Å². The zero-order chi connectivity index (χ0) is 10.8. The zero-order valence-corrected chi connectivity index (χ0v) is 9.18. The summed E-state index contributed by atoms with van der Waals surface area (Å²) < 4.78 is 0.321. The molecule has 0 aliphatic carbocycles. The van der Waals surface area contributed by atoms with Gasteiger partial charge >= 0.3 is 5.97 Å². The second-order valence-electron chi connectivity index (χ2n) is 2.97. The van der Waals surface area contributed by atoms with Crippen LogP contribution in [-0.4, -0.2) is 11.1 Å². The number of carboxylic acids is 1. The second kappa shape index (κ2) is 4.04. The highest BCUT2D eigenvalue weighted by Crippen LogP contribution is 2.34. The fourth-order valence-electron chi connectivity index (χ4n) is 1.26. The maximum absolute atomic E-state index is 10.8. The Morgan fingerprint density at radius 3 is 2.47 bits per heavy atom. The number of rotatable bonds is 2. The first-order chi connectivity index (χ1) is 7.18. The van der Waals surface area contributed by atoms with Gasteiger partial charge in [-0.2, -0.15) is 0 Å². The SMILES string of the molecule is O=C(O)c1cc(-c2ccccc2)sc1Cl. The summed E-state index contributed by atoms with van der Waals surface area (Å²) in [5, 5.41) is 8.85. The van der Waals surface area contributed by atoms with Gasteiger partial charge in [0.25, 0.3) is 0 Å². The van der Waals surface area contributed by atoms with Crippen molar-refractivity contribution in [1.29, 1.82) is 0 Å². The summed E-state index contributed by atoms with van der Waals surface area (Å²) in [4.78, 5) is 11.7. The smallest absolute Gasteiger partial charge is 0.338 e. The molecule has 4 heteroatoms. The van der Waals surface area contributed by atoms with Gasteiger partial charge in [-0.15, -0.1) is 11.3 Å². The van der Waals surface area contributed by atoms with Gasteiger partial charge < -0.3 is 5.11 Å². The average molecular weight is 239 g/mol. The van der Waals surface area contributed by atoms with Crippen molar-refractivity contribution < 1.29 is 9.90 Å². The minimum Gasteiger partial charge on any atom is -0.478 e. The fraction of sp³-hybridized carbons (Fsp3) is 0. The lowest BCUT2D eigenvalue weighted by Gasteiger charge is -1.93. The Morgan fingerprint density at radius 1 is 1.27 bits per heavy atom. The van der Waals surface area contributed by atoms with E-state index in [1.165, 1.54) is 11.3 Å². The quantitative estimate of drug-likeness (QED) is 0.865. The summed E-state index contributed by atoms with van der Waals surface area (Å²) in [5.74, 6) is -0.988. The van der Waals surface area contributed by atoms with E-state index in [0.29, 0.717) is 4.34 Å². The van der Waals surface area contributed by atoms with Crippen molar-refractivity contribution in [3.8, 4) is 10.4 Å². The van der Waals surface area contributed by atoms with Gasteiger partial charge in [-0.05, 0) is 11.6 Å². The first-order valence-corrected chi connectivity index (χ1v) is 5.46. The van der Waals surface area contributed by atoms with Crippen molar-refractivity contribution in [2.75, 3.05) is 0 Å². The van der Waals surface area contributed by atoms with E-state index in [1.54, 1.807) is 6.07 Å². The summed E-state index contributed by atoms with van der Waals surface area (Å²) in [7, 11) is 0. The molecule has 76 valence electrons. The summed E-state index contributed by atoms with van der Waals surface area (Å²) >= 11 is 7.11. The van der Waals surface area contributed by atoms with Crippen molar-refractivity contribution in [2.45, 2.75) is 0 Å². The molecule has 0 saturated carbocycles. The Balaban J connectivity index is 2.48. The summed E-state index contributed by atoms with van der Waals surface area (Å²) in [6, 6.07) is 11.2. The highest BCUT2D eigenvalue weighted by atomic mass is 35.5. The molecule has 15 heavy (non-hydrogen) atoms. The van der Waals surface area contributed by atoms with E-state index in [0.717, 1.165) is 10.4 Å². The third-order valence-corrected chi connectivity index (χ3v) is 3.38. The molecule has 2 aromatic rings. The van der Waals surface area contributed by atoms with Gasteiger partial charge in [-0.3, -0.25) is 0 Å². The van der Waals surface area contributed by atoms with Crippen molar-refractivity contribution >= 4 is 28.9 Å². The standard InChI is InChI=1S/C11H7ClO2S/c12-10-8(11(13)14)6-9(15-10)7-4-2-1-3-5-7/h1-6H,(H,13,14). The second-order valence-corrected chi connectivity index (χ2v) is 4.62. The minimum absolute atomic E-state index is 0.167. The number of carbonyl (C=O) groups is 1. The molecule has 1 N–H and O–H groups in total. The van der Waals surface area contributed by atoms with Crippen LogP contribution in [0.2, 0.25) is 4.34 Å². The number of benzene rings is 1. The lowest BCUT2D eigenvalue weighted by Crippen LogP contribution is -1.92. The molecule has 0 spiro atoms. The monoisotopic (exact) mass is 238 g/mol. The Morgan fingerprint density at radius 2 is 1.93 bits per heavy atom. The van der Waals surface area contributed by atoms with E-state index in [9.17, 15) is 4.79 Å². The molecule has 0 aliphatic heterocycles. The van der Waals surface area contributed by atoms with Crippen LogP contribution in [0.1, 0.15) is 10.4 Å². The maximum atomic E-state index is 10.8. The lowest BCUT2D eigenvalue weighted by atomic mass is 10.2. The molecule has 0 amide bonds. The first-order valence-electron chi connectivity index (χ1n) is 4.26. The predicted octanol–water partition coefficient (Wildman–Crippen LogP) is 3.77. The van der Waals surface area contributed by atoms with Crippen LogP contribution in [0, 0.1) is 0 Å². The molecule has 0 saturated heterocycles. The first kappa shape index (κ1) is 10.2. The van der Waals surface area contributed by atoms with Crippen molar-refractivity contribution in [3.63, 3.8) is 0 Å². The van der Waals surface area contributed by atoms with Crippen molar-refractivity contribution in [2.24, 2.45) is 0 Å². The van der Waals surface area contributed by atoms with E-state index >= 15 is 0 Å². The number of carboxylic acid groups (broad SMARTS) is 1. The van der Waals surface area contributed by atoms with Gasteiger partial charge in [0.05, 0.1) is 5.56 Å². The molecule has 2 nitrogen and oxygen atoms in total. The molecule has 0 fully saturated rings. The van der Waals surface area contributed by atoms with Crippen LogP contribution in [0.3, 0.4) is 0 Å². The number of halogens is 1. The highest BCUT2D eigenvalue weighted by Gasteiger charge is 2.13. The number of hydrogen-bond acceptors (Lipinski definition) is 2. The third kappa shape index (κ3) is 2.03. The Bertz CT molecular complexity index is 491. The zero-order valence-electron chi connectivity index (χ0n) is 7.61. The van der Waals surface area contributed by atoms with Crippen LogP contribution in [0.15, 0.2) is 36.4 Å². The lowest BCUT2D eigenvalue weighted by molar-refractivity contribution is 0.0697. The normalized spacial score (nSPS) is 10.2. The molecule has 0 atom stereocenters. The number of hydrogen-bond donors (Lipinski definition) is 1. The van der Waals surface area contributed by atoms with Gasteiger partial charge in [0.1, 0.15) is 4.34 Å². The average Bonchev–Trinajstić information content (AvgIpc) is 2.62. The third-order valence-electron chi connectivity index (χ3n) is 1.98. The topological polar surface area (TPSA) is 37.3 Å². The summed E-state index contributed by atoms with van der Waals surface area (Å²) in [5.41, 5.74) is 1.15. The number of aromatic carboxylic acids is 1. The van der Waals surface area contributed by atoms with E-state index in [2.05, 4.69) is 0 Å². The molecule has 1 aromatic heterocycles. The summed E-state index contributed by atoms with van der Waals surface area (Å²) in [6.45, 7) is 0. The maximum Gasteiger partial charge on any atom is 0.338 e. The van der Waals surface area contributed by atoms with E-state index in [4.69, 9.17) is 16.7 Å². The van der Waals surface area contributed by atoms with Gasteiger partial charge in [-0.1, -0.05) is 41.9 Å². The molecule has 1 heterocycles.